The number of hydrogen-bond donors (Lipinski definition) is 2. The molecule has 0 saturated carbocycles. The zero-order valence-electron chi connectivity index (χ0n) is 13.4. The van der Waals surface area contributed by atoms with Crippen LogP contribution in [0.25, 0.3) is 0 Å². The van der Waals surface area contributed by atoms with Crippen LogP contribution in [-0.4, -0.2) is 40.2 Å². The number of non-ortho nitro benzene ring substituents is 1. The molecule has 0 bridgehead atoms. The largest absolute Gasteiger partial charge is 0.507 e. The number of aliphatic hydroxyl groups is 1. The maximum absolute atomic E-state index is 11.5. The fourth-order valence-corrected chi connectivity index (χ4v) is 2.11. The second-order valence-electron chi connectivity index (χ2n) is 5.24. The number of benzene rings is 2. The molecule has 0 spiro atoms. The van der Waals surface area contributed by atoms with Crippen molar-refractivity contribution in [2.75, 3.05) is 13.2 Å². The molecule has 2 aromatic rings. The van der Waals surface area contributed by atoms with Gasteiger partial charge in [0.25, 0.3) is 5.69 Å². The van der Waals surface area contributed by atoms with Crippen LogP contribution in [0.3, 0.4) is 0 Å². The van der Waals surface area contributed by atoms with Gasteiger partial charge in [-0.15, -0.1) is 0 Å². The monoisotopic (exact) mass is 347 g/mol. The Morgan fingerprint density at radius 1 is 1.20 bits per heavy atom. The average Bonchev–Trinajstić information content (AvgIpc) is 2.58. The van der Waals surface area contributed by atoms with Gasteiger partial charge in [-0.05, 0) is 25.1 Å². The summed E-state index contributed by atoms with van der Waals surface area (Å²) in [6.07, 6.45) is -1.04. The summed E-state index contributed by atoms with van der Waals surface area (Å²) in [5.74, 6) is -0.167. The van der Waals surface area contributed by atoms with Crippen LogP contribution in [0.15, 0.2) is 42.5 Å². The second-order valence-corrected chi connectivity index (χ2v) is 5.24. The number of hydrogen-bond acceptors (Lipinski definition) is 7. The molecule has 0 radical (unpaired) electrons. The minimum atomic E-state index is -1.04. The molecule has 25 heavy (non-hydrogen) atoms. The smallest absolute Gasteiger partial charge is 0.273 e. The van der Waals surface area contributed by atoms with Gasteiger partial charge in [0.1, 0.15) is 42.1 Å². The third kappa shape index (κ3) is 4.92. The quantitative estimate of drug-likeness (QED) is 0.427. The number of aromatic hydroxyl groups is 1. The Kier molecular flexibility index (Phi) is 5.91. The van der Waals surface area contributed by atoms with Crippen LogP contribution in [-0.2, 0) is 0 Å². The van der Waals surface area contributed by atoms with Gasteiger partial charge in [0.05, 0.1) is 11.0 Å². The van der Waals surface area contributed by atoms with E-state index in [9.17, 15) is 25.1 Å². The van der Waals surface area contributed by atoms with Gasteiger partial charge < -0.3 is 19.7 Å². The minimum absolute atomic E-state index is 0.0364. The van der Waals surface area contributed by atoms with Gasteiger partial charge in [-0.1, -0.05) is 12.1 Å². The summed E-state index contributed by atoms with van der Waals surface area (Å²) >= 11 is 0. The Bertz CT molecular complexity index is 775. The van der Waals surface area contributed by atoms with Gasteiger partial charge in [-0.25, -0.2) is 0 Å². The summed E-state index contributed by atoms with van der Waals surface area (Å²) in [4.78, 5) is 21.7. The van der Waals surface area contributed by atoms with E-state index in [0.717, 1.165) is 0 Å². The SMILES string of the molecule is CC(=O)c1c(O)cccc1OCC(O)COc1cccc([N+](=O)[O-])c1. The second kappa shape index (κ2) is 8.11. The lowest BCUT2D eigenvalue weighted by Crippen LogP contribution is -2.25. The van der Waals surface area contributed by atoms with Gasteiger partial charge in [0.15, 0.2) is 5.78 Å². The molecule has 0 aliphatic heterocycles. The molecule has 2 rings (SSSR count). The van der Waals surface area contributed by atoms with Crippen molar-refractivity contribution in [3.63, 3.8) is 0 Å². The van der Waals surface area contributed by atoms with Gasteiger partial charge in [-0.2, -0.15) is 0 Å². The first-order valence-electron chi connectivity index (χ1n) is 7.39. The van der Waals surface area contributed by atoms with Gasteiger partial charge >= 0.3 is 0 Å². The van der Waals surface area contributed by atoms with Crippen LogP contribution >= 0.6 is 0 Å². The zero-order valence-corrected chi connectivity index (χ0v) is 13.4. The van der Waals surface area contributed by atoms with Crippen LogP contribution in [0.2, 0.25) is 0 Å². The number of rotatable bonds is 8. The standard InChI is InChI=1S/C17H17NO7/c1-11(19)17-15(21)6-3-7-16(17)25-10-13(20)9-24-14-5-2-4-12(8-14)18(22)23/h2-8,13,20-21H,9-10H2,1H3. The molecule has 0 aromatic heterocycles. The highest BCUT2D eigenvalue weighted by Crippen LogP contribution is 2.28. The molecule has 8 heteroatoms. The normalized spacial score (nSPS) is 11.6. The highest BCUT2D eigenvalue weighted by molar-refractivity contribution is 5.99. The number of aliphatic hydroxyl groups excluding tert-OH is 1. The van der Waals surface area contributed by atoms with E-state index >= 15 is 0 Å². The zero-order chi connectivity index (χ0) is 18.4. The molecule has 0 fully saturated rings. The Hall–Kier alpha value is -3.13. The van der Waals surface area contributed by atoms with E-state index in [4.69, 9.17) is 9.47 Å². The van der Waals surface area contributed by atoms with E-state index in [1.807, 2.05) is 0 Å². The first kappa shape index (κ1) is 18.2. The van der Waals surface area contributed by atoms with Crippen LogP contribution < -0.4 is 9.47 Å². The lowest BCUT2D eigenvalue weighted by molar-refractivity contribution is -0.384. The Labute approximate surface area is 143 Å². The molecule has 0 amide bonds. The van der Waals surface area contributed by atoms with Crippen LogP contribution in [0.4, 0.5) is 5.69 Å². The molecule has 1 atom stereocenters. The molecular weight excluding hydrogens is 330 g/mol. The maximum atomic E-state index is 11.5. The van der Waals surface area contributed by atoms with Crippen molar-refractivity contribution in [1.82, 2.24) is 0 Å². The number of phenolic OH excluding ortho intramolecular Hbond substituents is 1. The van der Waals surface area contributed by atoms with E-state index in [-0.39, 0.29) is 47.5 Å². The van der Waals surface area contributed by atoms with Crippen molar-refractivity contribution >= 4 is 11.5 Å². The van der Waals surface area contributed by atoms with E-state index in [1.165, 1.54) is 49.4 Å². The highest BCUT2D eigenvalue weighted by Gasteiger charge is 2.15. The van der Waals surface area contributed by atoms with Crippen LogP contribution in [0.5, 0.6) is 17.2 Å². The van der Waals surface area contributed by atoms with Gasteiger partial charge in [0.2, 0.25) is 0 Å². The number of phenols is 1. The third-order valence-electron chi connectivity index (χ3n) is 3.26. The van der Waals surface area contributed by atoms with Crippen molar-refractivity contribution in [3.05, 3.63) is 58.1 Å². The molecule has 2 aromatic carbocycles. The molecule has 8 nitrogen and oxygen atoms in total. The van der Waals surface area contributed by atoms with Crippen molar-refractivity contribution in [3.8, 4) is 17.2 Å². The number of carbonyl (C=O) groups excluding carboxylic acids is 1. The lowest BCUT2D eigenvalue weighted by atomic mass is 10.1. The van der Waals surface area contributed by atoms with Gasteiger partial charge in [-0.3, -0.25) is 14.9 Å². The highest BCUT2D eigenvalue weighted by atomic mass is 16.6. The summed E-state index contributed by atoms with van der Waals surface area (Å²) in [5, 5.41) is 30.3. The predicted molar refractivity (Wildman–Crippen MR) is 88.2 cm³/mol. The van der Waals surface area contributed by atoms with Crippen LogP contribution in [0, 0.1) is 10.1 Å². The lowest BCUT2D eigenvalue weighted by Gasteiger charge is -2.15. The molecule has 0 saturated heterocycles. The number of Topliss-reactive ketones (excluding diaryl/α,β-unsaturated/α-hetero) is 1. The molecule has 2 N–H and O–H groups in total. The Balaban J connectivity index is 1.92. The number of nitro groups is 1. The number of carbonyl (C=O) groups is 1. The third-order valence-corrected chi connectivity index (χ3v) is 3.26. The van der Waals surface area contributed by atoms with E-state index in [2.05, 4.69) is 0 Å². The average molecular weight is 347 g/mol. The predicted octanol–water partition coefficient (Wildman–Crippen LogP) is 2.32. The first-order chi connectivity index (χ1) is 11.9. The van der Waals surface area contributed by atoms with E-state index < -0.39 is 11.0 Å². The summed E-state index contributed by atoms with van der Waals surface area (Å²) in [5.41, 5.74) is -0.0802. The van der Waals surface area contributed by atoms with Crippen molar-refractivity contribution < 1.29 is 29.4 Å². The van der Waals surface area contributed by atoms with Crippen molar-refractivity contribution in [2.24, 2.45) is 0 Å². The topological polar surface area (TPSA) is 119 Å². The van der Waals surface area contributed by atoms with E-state index in [1.54, 1.807) is 0 Å². The van der Waals surface area contributed by atoms with Gasteiger partial charge in [0, 0.05) is 6.07 Å². The maximum Gasteiger partial charge on any atom is 0.273 e. The fraction of sp³-hybridized carbons (Fsp3) is 0.235. The summed E-state index contributed by atoms with van der Waals surface area (Å²) < 4.78 is 10.7. The number of ether oxygens (including phenoxy) is 2. The summed E-state index contributed by atoms with van der Waals surface area (Å²) in [6, 6.07) is 9.97. The van der Waals surface area contributed by atoms with Crippen molar-refractivity contribution in [2.45, 2.75) is 13.0 Å². The summed E-state index contributed by atoms with van der Waals surface area (Å²) in [7, 11) is 0. The molecule has 0 aliphatic rings. The molecule has 0 aliphatic carbocycles. The summed E-state index contributed by atoms with van der Waals surface area (Å²) in [6.45, 7) is 0.956. The molecule has 1 unspecified atom stereocenters. The number of ketones is 1. The molecule has 132 valence electrons. The van der Waals surface area contributed by atoms with E-state index in [0.29, 0.717) is 0 Å². The first-order valence-corrected chi connectivity index (χ1v) is 7.39. The minimum Gasteiger partial charge on any atom is -0.507 e. The Morgan fingerprint density at radius 3 is 2.56 bits per heavy atom. The van der Waals surface area contributed by atoms with Crippen molar-refractivity contribution in [1.29, 1.82) is 0 Å². The number of nitro benzene ring substituents is 1. The number of nitrogens with zero attached hydrogens (tertiary/aromatic N) is 1. The molecule has 0 heterocycles. The fourth-order valence-electron chi connectivity index (χ4n) is 2.11. The van der Waals surface area contributed by atoms with Crippen LogP contribution in [0.1, 0.15) is 17.3 Å². The Morgan fingerprint density at radius 2 is 1.88 bits per heavy atom. The molecular formula is C17H17NO7.